The summed E-state index contributed by atoms with van der Waals surface area (Å²) < 4.78 is 0. The molecule has 2 atom stereocenters. The summed E-state index contributed by atoms with van der Waals surface area (Å²) in [5.74, 6) is 0.139. The van der Waals surface area contributed by atoms with Crippen LogP contribution in [0.1, 0.15) is 82.2 Å². The zero-order chi connectivity index (χ0) is 21.6. The van der Waals surface area contributed by atoms with Crippen LogP contribution in [0.15, 0.2) is 30.3 Å². The van der Waals surface area contributed by atoms with Crippen LogP contribution in [0.2, 0.25) is 0 Å². The molecule has 6 nitrogen and oxygen atoms in total. The second-order valence-electron chi connectivity index (χ2n) is 9.45. The summed E-state index contributed by atoms with van der Waals surface area (Å²) in [5.41, 5.74) is 0.772. The number of rotatable bonds is 7. The van der Waals surface area contributed by atoms with E-state index in [1.54, 1.807) is 4.90 Å². The molecule has 2 aliphatic carbocycles. The van der Waals surface area contributed by atoms with E-state index in [9.17, 15) is 14.4 Å². The summed E-state index contributed by atoms with van der Waals surface area (Å²) in [6, 6.07) is 8.48. The van der Waals surface area contributed by atoms with Crippen molar-refractivity contribution in [3.8, 4) is 0 Å². The van der Waals surface area contributed by atoms with Gasteiger partial charge in [0.2, 0.25) is 17.7 Å². The molecule has 0 bridgehead atoms. The van der Waals surface area contributed by atoms with Crippen molar-refractivity contribution < 1.29 is 14.4 Å². The van der Waals surface area contributed by atoms with E-state index in [0.717, 1.165) is 50.5 Å². The molecule has 2 saturated carbocycles. The third-order valence-electron chi connectivity index (χ3n) is 7.17. The normalized spacial score (nSPS) is 23.1. The Balaban J connectivity index is 1.46. The van der Waals surface area contributed by atoms with E-state index in [1.807, 2.05) is 30.3 Å². The van der Waals surface area contributed by atoms with Gasteiger partial charge in [0.25, 0.3) is 0 Å². The number of nitrogens with zero attached hydrogens (tertiary/aromatic N) is 1. The molecule has 1 aromatic carbocycles. The van der Waals surface area contributed by atoms with Gasteiger partial charge in [-0.2, -0.15) is 0 Å². The molecule has 2 N–H and O–H groups in total. The van der Waals surface area contributed by atoms with Gasteiger partial charge in [-0.05, 0) is 50.0 Å². The van der Waals surface area contributed by atoms with Crippen molar-refractivity contribution >= 4 is 17.7 Å². The highest BCUT2D eigenvalue weighted by Crippen LogP contribution is 2.29. The Labute approximate surface area is 185 Å². The predicted molar refractivity (Wildman–Crippen MR) is 119 cm³/mol. The Morgan fingerprint density at radius 2 is 1.58 bits per heavy atom. The third-order valence-corrected chi connectivity index (χ3v) is 7.17. The van der Waals surface area contributed by atoms with Gasteiger partial charge >= 0.3 is 0 Å². The molecule has 4 rings (SSSR count). The molecule has 168 valence electrons. The maximum atomic E-state index is 13.6. The maximum absolute atomic E-state index is 13.6. The van der Waals surface area contributed by atoms with Crippen LogP contribution < -0.4 is 10.6 Å². The van der Waals surface area contributed by atoms with E-state index >= 15 is 0 Å². The first-order valence-corrected chi connectivity index (χ1v) is 12.1. The van der Waals surface area contributed by atoms with Crippen molar-refractivity contribution in [1.82, 2.24) is 15.5 Å². The minimum absolute atomic E-state index is 0.0400. The van der Waals surface area contributed by atoms with Gasteiger partial charge in [0.05, 0.1) is 0 Å². The highest BCUT2D eigenvalue weighted by molar-refractivity contribution is 5.93. The van der Waals surface area contributed by atoms with Crippen LogP contribution in [0.3, 0.4) is 0 Å². The summed E-state index contributed by atoms with van der Waals surface area (Å²) in [4.78, 5) is 41.0. The average molecular weight is 426 g/mol. The average Bonchev–Trinajstić information content (AvgIpc) is 3.54. The predicted octanol–water partition coefficient (Wildman–Crippen LogP) is 3.47. The van der Waals surface area contributed by atoms with E-state index in [-0.39, 0.29) is 23.8 Å². The molecule has 1 aromatic rings. The first kappa shape index (κ1) is 21.8. The minimum Gasteiger partial charge on any atom is -0.352 e. The molecule has 3 fully saturated rings. The summed E-state index contributed by atoms with van der Waals surface area (Å²) >= 11 is 0. The van der Waals surface area contributed by atoms with E-state index < -0.39 is 12.1 Å². The number of carbonyl (C=O) groups is 3. The van der Waals surface area contributed by atoms with Crippen LogP contribution in [0.25, 0.3) is 0 Å². The lowest BCUT2D eigenvalue weighted by atomic mass is 10.0. The van der Waals surface area contributed by atoms with E-state index in [1.165, 1.54) is 12.8 Å². The molecule has 0 aromatic heterocycles. The Kier molecular flexibility index (Phi) is 7.25. The molecular weight excluding hydrogens is 390 g/mol. The van der Waals surface area contributed by atoms with Crippen LogP contribution in [0.5, 0.6) is 0 Å². The van der Waals surface area contributed by atoms with E-state index in [4.69, 9.17) is 0 Å². The molecule has 1 heterocycles. The fourth-order valence-electron chi connectivity index (χ4n) is 5.47. The van der Waals surface area contributed by atoms with Crippen LogP contribution in [-0.4, -0.2) is 41.2 Å². The number of carbonyl (C=O) groups excluding carboxylic acids is 3. The first-order valence-electron chi connectivity index (χ1n) is 12.1. The Bertz CT molecular complexity index is 769. The molecule has 3 aliphatic rings. The summed E-state index contributed by atoms with van der Waals surface area (Å²) in [6.07, 6.45) is 10.9. The van der Waals surface area contributed by atoms with Gasteiger partial charge in [-0.3, -0.25) is 14.4 Å². The minimum atomic E-state index is -0.741. The van der Waals surface area contributed by atoms with Gasteiger partial charge < -0.3 is 15.5 Å². The van der Waals surface area contributed by atoms with E-state index in [0.29, 0.717) is 25.3 Å². The van der Waals surface area contributed by atoms with Crippen molar-refractivity contribution in [2.24, 2.45) is 5.92 Å². The largest absolute Gasteiger partial charge is 0.352 e. The van der Waals surface area contributed by atoms with Crippen LogP contribution in [-0.2, 0) is 14.4 Å². The topological polar surface area (TPSA) is 78.5 Å². The lowest BCUT2D eigenvalue weighted by molar-refractivity contribution is -0.141. The van der Waals surface area contributed by atoms with Crippen molar-refractivity contribution in [3.63, 3.8) is 0 Å². The number of amides is 3. The second-order valence-corrected chi connectivity index (χ2v) is 9.45. The number of likely N-dealkylation sites (tertiary alicyclic amines) is 1. The van der Waals surface area contributed by atoms with Crippen molar-refractivity contribution in [2.75, 3.05) is 6.54 Å². The van der Waals surface area contributed by atoms with Gasteiger partial charge in [0, 0.05) is 19.0 Å². The standard InChI is InChI=1S/C25H35N3O3/c29-22(17-18-9-4-5-10-18)27-23(19-11-2-1-3-12-19)25(31)28-16-8-15-21(28)24(30)26-20-13-6-7-14-20/h1-3,11-12,18,20-21,23H,4-10,13-17H2,(H,26,30)(H,27,29)/t21-,23-/m0/s1. The fourth-order valence-corrected chi connectivity index (χ4v) is 5.47. The molecule has 0 radical (unpaired) electrons. The Morgan fingerprint density at radius 1 is 0.903 bits per heavy atom. The quantitative estimate of drug-likeness (QED) is 0.702. The highest BCUT2D eigenvalue weighted by Gasteiger charge is 2.39. The summed E-state index contributed by atoms with van der Waals surface area (Å²) in [6.45, 7) is 0.559. The van der Waals surface area contributed by atoms with Crippen molar-refractivity contribution in [3.05, 3.63) is 35.9 Å². The van der Waals surface area contributed by atoms with Crippen LogP contribution >= 0.6 is 0 Å². The van der Waals surface area contributed by atoms with Crippen LogP contribution in [0.4, 0.5) is 0 Å². The monoisotopic (exact) mass is 425 g/mol. The Hall–Kier alpha value is -2.37. The summed E-state index contributed by atoms with van der Waals surface area (Å²) in [7, 11) is 0. The summed E-state index contributed by atoms with van der Waals surface area (Å²) in [5, 5.41) is 6.16. The molecule has 6 heteroatoms. The van der Waals surface area contributed by atoms with Crippen molar-refractivity contribution in [2.45, 2.75) is 88.8 Å². The molecule has 31 heavy (non-hydrogen) atoms. The van der Waals surface area contributed by atoms with Gasteiger partial charge in [0.1, 0.15) is 12.1 Å². The molecular formula is C25H35N3O3. The number of benzene rings is 1. The molecule has 1 aliphatic heterocycles. The van der Waals surface area contributed by atoms with Gasteiger partial charge in [-0.15, -0.1) is 0 Å². The zero-order valence-electron chi connectivity index (χ0n) is 18.4. The highest BCUT2D eigenvalue weighted by atomic mass is 16.2. The lowest BCUT2D eigenvalue weighted by Gasteiger charge is -2.30. The van der Waals surface area contributed by atoms with Gasteiger partial charge in [-0.1, -0.05) is 56.0 Å². The number of hydrogen-bond acceptors (Lipinski definition) is 3. The molecule has 0 unspecified atom stereocenters. The van der Waals surface area contributed by atoms with Crippen LogP contribution in [0, 0.1) is 5.92 Å². The number of nitrogens with one attached hydrogen (secondary N) is 2. The molecule has 0 spiro atoms. The first-order chi connectivity index (χ1) is 15.1. The zero-order valence-corrected chi connectivity index (χ0v) is 18.4. The van der Waals surface area contributed by atoms with Crippen molar-refractivity contribution in [1.29, 1.82) is 0 Å². The Morgan fingerprint density at radius 3 is 2.29 bits per heavy atom. The maximum Gasteiger partial charge on any atom is 0.250 e. The SMILES string of the molecule is O=C(CC1CCCC1)N[C@H](C(=O)N1CCC[C@H]1C(=O)NC1CCCC1)c1ccccc1. The third kappa shape index (κ3) is 5.46. The smallest absolute Gasteiger partial charge is 0.250 e. The van der Waals surface area contributed by atoms with E-state index in [2.05, 4.69) is 10.6 Å². The van der Waals surface area contributed by atoms with Gasteiger partial charge in [-0.25, -0.2) is 0 Å². The number of hydrogen-bond donors (Lipinski definition) is 2. The molecule has 1 saturated heterocycles. The molecule has 3 amide bonds. The van der Waals surface area contributed by atoms with Gasteiger partial charge in [0.15, 0.2) is 0 Å². The fraction of sp³-hybridized carbons (Fsp3) is 0.640. The second kappa shape index (κ2) is 10.3. The lowest BCUT2D eigenvalue weighted by Crippen LogP contribution is -2.51.